The van der Waals surface area contributed by atoms with Crippen LogP contribution in [0.2, 0.25) is 0 Å². The maximum atomic E-state index is 4.67. The maximum absolute atomic E-state index is 4.67. The molecule has 0 aliphatic heterocycles. The number of aryl methyl sites for hydroxylation is 1. The summed E-state index contributed by atoms with van der Waals surface area (Å²) in [7, 11) is 6.03. The van der Waals surface area contributed by atoms with E-state index in [1.807, 2.05) is 21.1 Å². The summed E-state index contributed by atoms with van der Waals surface area (Å²) in [4.78, 5) is 11.4. The normalized spacial score (nSPS) is 15.0. The first kappa shape index (κ1) is 11.3. The van der Waals surface area contributed by atoms with E-state index < -0.39 is 0 Å². The molecule has 1 aromatic rings. The van der Waals surface area contributed by atoms with Gasteiger partial charge in [-0.2, -0.15) is 0 Å². The zero-order chi connectivity index (χ0) is 11.5. The second-order valence-electron chi connectivity index (χ2n) is 4.61. The maximum Gasteiger partial charge on any atom is 0.144 e. The Morgan fingerprint density at radius 2 is 1.94 bits per heavy atom. The third-order valence-corrected chi connectivity index (χ3v) is 2.92. The van der Waals surface area contributed by atoms with Crippen LogP contribution in [0.15, 0.2) is 0 Å². The van der Waals surface area contributed by atoms with E-state index in [4.69, 9.17) is 0 Å². The molecule has 4 heteroatoms. The van der Waals surface area contributed by atoms with E-state index in [9.17, 15) is 0 Å². The Morgan fingerprint density at radius 3 is 2.62 bits per heavy atom. The predicted molar refractivity (Wildman–Crippen MR) is 65.6 cm³/mol. The van der Waals surface area contributed by atoms with Crippen molar-refractivity contribution in [2.24, 2.45) is 0 Å². The van der Waals surface area contributed by atoms with E-state index in [0.717, 1.165) is 31.0 Å². The summed E-state index contributed by atoms with van der Waals surface area (Å²) in [6.45, 7) is 0.808. The number of hydrogen-bond donors (Lipinski definition) is 1. The first-order valence-electron chi connectivity index (χ1n) is 5.92. The zero-order valence-corrected chi connectivity index (χ0v) is 10.4. The van der Waals surface area contributed by atoms with Gasteiger partial charge in [-0.1, -0.05) is 0 Å². The lowest BCUT2D eigenvalue weighted by Crippen LogP contribution is -2.18. The Bertz CT molecular complexity index is 356. The lowest BCUT2D eigenvalue weighted by molar-refractivity contribution is 0.389. The van der Waals surface area contributed by atoms with Crippen LogP contribution in [0.5, 0.6) is 0 Å². The summed E-state index contributed by atoms with van der Waals surface area (Å²) in [6, 6.07) is 0. The average molecular weight is 220 g/mol. The number of rotatable bonds is 3. The van der Waals surface area contributed by atoms with Crippen LogP contribution in [0.1, 0.15) is 29.9 Å². The number of fused-ring (bicyclic) bond motifs is 1. The van der Waals surface area contributed by atoms with Gasteiger partial charge in [-0.15, -0.1) is 0 Å². The molecule has 0 unspecified atom stereocenters. The van der Waals surface area contributed by atoms with Crippen molar-refractivity contribution in [1.82, 2.24) is 14.9 Å². The molecule has 88 valence electrons. The molecule has 1 aromatic heterocycles. The van der Waals surface area contributed by atoms with Crippen molar-refractivity contribution < 1.29 is 0 Å². The predicted octanol–water partition coefficient (Wildman–Crippen LogP) is 1.46. The molecule has 0 fully saturated rings. The van der Waals surface area contributed by atoms with Crippen LogP contribution in [0.4, 0.5) is 5.82 Å². The highest BCUT2D eigenvalue weighted by atomic mass is 15.1. The van der Waals surface area contributed by atoms with Gasteiger partial charge in [0.1, 0.15) is 11.6 Å². The van der Waals surface area contributed by atoms with E-state index in [2.05, 4.69) is 20.2 Å². The standard InChI is InChI=1S/C12H20N4/c1-13-12-9-6-4-5-7-10(9)14-11(15-12)8-16(2)3/h4-8H2,1-3H3,(H,13,14,15). The van der Waals surface area contributed by atoms with Crippen LogP contribution in [0, 0.1) is 0 Å². The van der Waals surface area contributed by atoms with Gasteiger partial charge >= 0.3 is 0 Å². The molecule has 0 saturated carbocycles. The minimum Gasteiger partial charge on any atom is -0.373 e. The Labute approximate surface area is 97.1 Å². The smallest absolute Gasteiger partial charge is 0.144 e. The summed E-state index contributed by atoms with van der Waals surface area (Å²) >= 11 is 0. The molecule has 0 aromatic carbocycles. The monoisotopic (exact) mass is 220 g/mol. The number of anilines is 1. The van der Waals surface area contributed by atoms with E-state index in [0.29, 0.717) is 0 Å². The lowest BCUT2D eigenvalue weighted by Gasteiger charge is -2.19. The van der Waals surface area contributed by atoms with Crippen molar-refractivity contribution in [1.29, 1.82) is 0 Å². The number of hydrogen-bond acceptors (Lipinski definition) is 4. The van der Waals surface area contributed by atoms with Crippen LogP contribution in [-0.2, 0) is 19.4 Å². The topological polar surface area (TPSA) is 41.1 Å². The minimum absolute atomic E-state index is 0.808. The van der Waals surface area contributed by atoms with Gasteiger partial charge in [0.25, 0.3) is 0 Å². The largest absolute Gasteiger partial charge is 0.373 e. The van der Waals surface area contributed by atoms with E-state index in [1.165, 1.54) is 24.1 Å². The molecular weight excluding hydrogens is 200 g/mol. The van der Waals surface area contributed by atoms with Crippen molar-refractivity contribution in [2.45, 2.75) is 32.2 Å². The summed E-state index contributed by atoms with van der Waals surface area (Å²) in [5.74, 6) is 1.96. The molecule has 1 aliphatic rings. The Hall–Kier alpha value is -1.16. The van der Waals surface area contributed by atoms with Gasteiger partial charge in [-0.25, -0.2) is 9.97 Å². The second-order valence-corrected chi connectivity index (χ2v) is 4.61. The van der Waals surface area contributed by atoms with Crippen LogP contribution in [0.3, 0.4) is 0 Å². The Balaban J connectivity index is 2.35. The van der Waals surface area contributed by atoms with Crippen LogP contribution < -0.4 is 5.32 Å². The van der Waals surface area contributed by atoms with E-state index in [1.54, 1.807) is 0 Å². The summed E-state index contributed by atoms with van der Waals surface area (Å²) in [5, 5.41) is 3.20. The van der Waals surface area contributed by atoms with Crippen molar-refractivity contribution in [3.8, 4) is 0 Å². The van der Waals surface area contributed by atoms with Crippen molar-refractivity contribution in [3.63, 3.8) is 0 Å². The molecule has 0 spiro atoms. The van der Waals surface area contributed by atoms with Gasteiger partial charge in [0, 0.05) is 18.3 Å². The molecular formula is C12H20N4. The highest BCUT2D eigenvalue weighted by molar-refractivity contribution is 5.47. The third kappa shape index (κ3) is 2.32. The molecule has 0 atom stereocenters. The average Bonchev–Trinajstić information content (AvgIpc) is 2.27. The molecule has 1 N–H and O–H groups in total. The summed E-state index contributed by atoms with van der Waals surface area (Å²) < 4.78 is 0. The van der Waals surface area contributed by atoms with E-state index >= 15 is 0 Å². The molecule has 2 rings (SSSR count). The zero-order valence-electron chi connectivity index (χ0n) is 10.4. The van der Waals surface area contributed by atoms with Crippen LogP contribution >= 0.6 is 0 Å². The van der Waals surface area contributed by atoms with Crippen molar-refractivity contribution in [3.05, 3.63) is 17.1 Å². The van der Waals surface area contributed by atoms with Crippen LogP contribution in [0.25, 0.3) is 0 Å². The number of aromatic nitrogens is 2. The van der Waals surface area contributed by atoms with Gasteiger partial charge in [-0.05, 0) is 39.8 Å². The quantitative estimate of drug-likeness (QED) is 0.837. The summed E-state index contributed by atoms with van der Waals surface area (Å²) in [5.41, 5.74) is 2.58. The molecule has 0 amide bonds. The highest BCUT2D eigenvalue weighted by Gasteiger charge is 2.17. The first-order chi connectivity index (χ1) is 7.70. The SMILES string of the molecule is CNc1nc(CN(C)C)nc2c1CCCC2. The van der Waals surface area contributed by atoms with Gasteiger partial charge in [-0.3, -0.25) is 0 Å². The summed E-state index contributed by atoms with van der Waals surface area (Å²) in [6.07, 6.45) is 4.74. The molecule has 16 heavy (non-hydrogen) atoms. The molecule has 0 bridgehead atoms. The Kier molecular flexibility index (Phi) is 3.39. The molecule has 0 radical (unpaired) electrons. The third-order valence-electron chi connectivity index (χ3n) is 2.92. The minimum atomic E-state index is 0.808. The van der Waals surface area contributed by atoms with Gasteiger partial charge < -0.3 is 10.2 Å². The molecule has 0 saturated heterocycles. The fourth-order valence-corrected chi connectivity index (χ4v) is 2.21. The van der Waals surface area contributed by atoms with Gasteiger partial charge in [0.15, 0.2) is 0 Å². The Morgan fingerprint density at radius 1 is 1.19 bits per heavy atom. The second kappa shape index (κ2) is 4.78. The highest BCUT2D eigenvalue weighted by Crippen LogP contribution is 2.25. The van der Waals surface area contributed by atoms with E-state index in [-0.39, 0.29) is 0 Å². The van der Waals surface area contributed by atoms with Crippen molar-refractivity contribution >= 4 is 5.82 Å². The molecule has 1 aliphatic carbocycles. The van der Waals surface area contributed by atoms with Crippen LogP contribution in [-0.4, -0.2) is 36.0 Å². The molecule has 4 nitrogen and oxygen atoms in total. The van der Waals surface area contributed by atoms with Crippen molar-refractivity contribution in [2.75, 3.05) is 26.5 Å². The lowest BCUT2D eigenvalue weighted by atomic mass is 9.96. The van der Waals surface area contributed by atoms with Gasteiger partial charge in [0.2, 0.25) is 0 Å². The van der Waals surface area contributed by atoms with Gasteiger partial charge in [0.05, 0.1) is 6.54 Å². The number of nitrogens with one attached hydrogen (secondary N) is 1. The fourth-order valence-electron chi connectivity index (χ4n) is 2.21. The fraction of sp³-hybridized carbons (Fsp3) is 0.667. The molecule has 1 heterocycles. The first-order valence-corrected chi connectivity index (χ1v) is 5.92. The number of nitrogens with zero attached hydrogens (tertiary/aromatic N) is 3.